The number of amides is 1. The van der Waals surface area contributed by atoms with Crippen LogP contribution in [-0.4, -0.2) is 18.9 Å². The zero-order valence-electron chi connectivity index (χ0n) is 10.3. The Balaban J connectivity index is 2.30. The average Bonchev–Trinajstić information content (AvgIpc) is 2.40. The number of rotatable bonds is 3. The maximum atomic E-state index is 11.9. The van der Waals surface area contributed by atoms with Crippen molar-refractivity contribution in [1.29, 1.82) is 0 Å². The number of carbonyl (C=O) groups excluding carboxylic acids is 1. The van der Waals surface area contributed by atoms with Crippen molar-refractivity contribution in [2.75, 3.05) is 11.1 Å². The van der Waals surface area contributed by atoms with Crippen LogP contribution in [0.15, 0.2) is 53.4 Å². The molecule has 7 heteroatoms. The fourth-order valence-corrected chi connectivity index (χ4v) is 2.27. The second-order valence-corrected chi connectivity index (χ2v) is 5.44. The molecule has 0 saturated heterocycles. The lowest BCUT2D eigenvalue weighted by Gasteiger charge is -2.08. The van der Waals surface area contributed by atoms with Crippen LogP contribution in [0, 0.1) is 0 Å². The van der Waals surface area contributed by atoms with Crippen molar-refractivity contribution in [2.24, 2.45) is 0 Å². The zero-order valence-corrected chi connectivity index (χ0v) is 11.1. The summed E-state index contributed by atoms with van der Waals surface area (Å²) in [6, 6.07) is 12.3. The van der Waals surface area contributed by atoms with Gasteiger partial charge in [-0.25, -0.2) is 0 Å². The molecule has 0 aliphatic rings. The smallest absolute Gasteiger partial charge is 0.296 e. The van der Waals surface area contributed by atoms with Crippen LogP contribution >= 0.6 is 0 Å². The third-order valence-corrected chi connectivity index (χ3v) is 3.49. The summed E-state index contributed by atoms with van der Waals surface area (Å²) in [5.41, 5.74) is 6.02. The van der Waals surface area contributed by atoms with Gasteiger partial charge in [-0.3, -0.25) is 9.35 Å². The number of nitrogens with two attached hydrogens (primary N) is 1. The molecule has 0 aliphatic heterocycles. The average molecular weight is 292 g/mol. The lowest BCUT2D eigenvalue weighted by molar-refractivity contribution is 0.102. The molecule has 0 unspecified atom stereocenters. The molecule has 0 aliphatic carbocycles. The van der Waals surface area contributed by atoms with E-state index in [0.717, 1.165) is 6.07 Å². The lowest BCUT2D eigenvalue weighted by Crippen LogP contribution is -2.12. The Morgan fingerprint density at radius 1 is 1.10 bits per heavy atom. The highest BCUT2D eigenvalue weighted by Gasteiger charge is 2.15. The lowest BCUT2D eigenvalue weighted by atomic mass is 10.2. The highest BCUT2D eigenvalue weighted by Crippen LogP contribution is 2.22. The topological polar surface area (TPSA) is 109 Å². The first-order valence-electron chi connectivity index (χ1n) is 5.61. The maximum absolute atomic E-state index is 11.9. The van der Waals surface area contributed by atoms with E-state index in [4.69, 9.17) is 10.3 Å². The largest absolute Gasteiger partial charge is 0.398 e. The minimum absolute atomic E-state index is 0.0924. The van der Waals surface area contributed by atoms with E-state index in [1.807, 2.05) is 0 Å². The second kappa shape index (κ2) is 5.32. The first-order valence-corrected chi connectivity index (χ1v) is 7.05. The molecule has 2 aromatic carbocycles. The second-order valence-electron chi connectivity index (χ2n) is 4.05. The molecule has 0 heterocycles. The molecule has 0 saturated carbocycles. The third kappa shape index (κ3) is 3.14. The molecular weight excluding hydrogens is 280 g/mol. The van der Waals surface area contributed by atoms with Gasteiger partial charge in [-0.05, 0) is 30.3 Å². The summed E-state index contributed by atoms with van der Waals surface area (Å²) in [6.45, 7) is 0. The minimum Gasteiger partial charge on any atom is -0.398 e. The molecule has 0 radical (unpaired) electrons. The van der Waals surface area contributed by atoms with E-state index in [2.05, 4.69) is 5.32 Å². The van der Waals surface area contributed by atoms with Crippen molar-refractivity contribution in [3.05, 3.63) is 54.1 Å². The van der Waals surface area contributed by atoms with Crippen molar-refractivity contribution < 1.29 is 17.8 Å². The van der Waals surface area contributed by atoms with Crippen LogP contribution in [0.1, 0.15) is 10.4 Å². The van der Waals surface area contributed by atoms with Gasteiger partial charge in [-0.2, -0.15) is 8.42 Å². The van der Waals surface area contributed by atoms with Crippen molar-refractivity contribution in [2.45, 2.75) is 4.90 Å². The van der Waals surface area contributed by atoms with E-state index in [0.29, 0.717) is 5.56 Å². The van der Waals surface area contributed by atoms with Crippen LogP contribution in [0.5, 0.6) is 0 Å². The third-order valence-electron chi connectivity index (χ3n) is 2.59. The Morgan fingerprint density at radius 3 is 2.35 bits per heavy atom. The highest BCUT2D eigenvalue weighted by molar-refractivity contribution is 7.86. The summed E-state index contributed by atoms with van der Waals surface area (Å²) >= 11 is 0. The Kier molecular flexibility index (Phi) is 3.73. The Morgan fingerprint density at radius 2 is 1.75 bits per heavy atom. The molecule has 20 heavy (non-hydrogen) atoms. The quantitative estimate of drug-likeness (QED) is 0.590. The van der Waals surface area contributed by atoms with E-state index in [1.165, 1.54) is 12.1 Å². The highest BCUT2D eigenvalue weighted by atomic mass is 32.2. The zero-order chi connectivity index (χ0) is 14.8. The fraction of sp³-hybridized carbons (Fsp3) is 0. The normalized spacial score (nSPS) is 11.1. The number of nitrogen functional groups attached to an aromatic ring is 1. The fourth-order valence-electron chi connectivity index (χ4n) is 1.63. The molecule has 0 aromatic heterocycles. The van der Waals surface area contributed by atoms with Gasteiger partial charge in [0.25, 0.3) is 16.0 Å². The van der Waals surface area contributed by atoms with Gasteiger partial charge in [0.05, 0.1) is 5.69 Å². The molecule has 6 nitrogen and oxygen atoms in total. The maximum Gasteiger partial charge on any atom is 0.296 e. The number of hydrogen-bond donors (Lipinski definition) is 3. The van der Waals surface area contributed by atoms with Crippen molar-refractivity contribution >= 4 is 27.4 Å². The van der Waals surface area contributed by atoms with Crippen molar-refractivity contribution in [3.63, 3.8) is 0 Å². The number of hydrogen-bond acceptors (Lipinski definition) is 4. The molecule has 1 amide bonds. The summed E-state index contributed by atoms with van der Waals surface area (Å²) < 4.78 is 31.3. The predicted octanol–water partition coefficient (Wildman–Crippen LogP) is 1.77. The SMILES string of the molecule is Nc1ccc(NC(=O)c2ccccc2)cc1S(=O)(=O)O. The Hall–Kier alpha value is -2.38. The van der Waals surface area contributed by atoms with Crippen molar-refractivity contribution in [3.8, 4) is 0 Å². The van der Waals surface area contributed by atoms with Gasteiger partial charge in [0.2, 0.25) is 0 Å². The summed E-state index contributed by atoms with van der Waals surface area (Å²) in [4.78, 5) is 11.5. The molecule has 2 aromatic rings. The van der Waals surface area contributed by atoms with Crippen LogP contribution in [-0.2, 0) is 10.1 Å². The first-order chi connectivity index (χ1) is 9.38. The predicted molar refractivity (Wildman–Crippen MR) is 75.1 cm³/mol. The molecule has 104 valence electrons. The summed E-state index contributed by atoms with van der Waals surface area (Å²) in [5.74, 6) is -0.392. The van der Waals surface area contributed by atoms with Crippen LogP contribution in [0.4, 0.5) is 11.4 Å². The Bertz CT molecular complexity index is 742. The Labute approximate surface area is 116 Å². The monoisotopic (exact) mass is 292 g/mol. The summed E-state index contributed by atoms with van der Waals surface area (Å²) in [5, 5.41) is 2.53. The number of carbonyl (C=O) groups is 1. The van der Waals surface area contributed by atoms with Gasteiger partial charge < -0.3 is 11.1 Å². The van der Waals surface area contributed by atoms with E-state index in [9.17, 15) is 13.2 Å². The van der Waals surface area contributed by atoms with E-state index >= 15 is 0 Å². The van der Waals surface area contributed by atoms with Gasteiger partial charge in [0, 0.05) is 11.3 Å². The van der Waals surface area contributed by atoms with Crippen LogP contribution in [0.3, 0.4) is 0 Å². The van der Waals surface area contributed by atoms with E-state index in [-0.39, 0.29) is 11.4 Å². The minimum atomic E-state index is -4.43. The molecular formula is C13H12N2O4S. The standard InChI is InChI=1S/C13H12N2O4S/c14-11-7-6-10(8-12(11)20(17,18)19)15-13(16)9-4-2-1-3-5-9/h1-8H,14H2,(H,15,16)(H,17,18,19). The first kappa shape index (κ1) is 14.0. The van der Waals surface area contributed by atoms with Crippen molar-refractivity contribution in [1.82, 2.24) is 0 Å². The van der Waals surface area contributed by atoms with Gasteiger partial charge in [0.15, 0.2) is 0 Å². The molecule has 0 atom stereocenters. The van der Waals surface area contributed by atoms with Crippen LogP contribution in [0.2, 0.25) is 0 Å². The van der Waals surface area contributed by atoms with Gasteiger partial charge in [0.1, 0.15) is 4.90 Å². The van der Waals surface area contributed by atoms with E-state index in [1.54, 1.807) is 30.3 Å². The number of anilines is 2. The summed E-state index contributed by atoms with van der Waals surface area (Å²) in [6.07, 6.45) is 0. The molecule has 0 spiro atoms. The van der Waals surface area contributed by atoms with E-state index < -0.39 is 20.9 Å². The molecule has 2 rings (SSSR count). The number of nitrogens with one attached hydrogen (secondary N) is 1. The van der Waals surface area contributed by atoms with Crippen LogP contribution in [0.25, 0.3) is 0 Å². The van der Waals surface area contributed by atoms with Gasteiger partial charge in [-0.15, -0.1) is 0 Å². The summed E-state index contributed by atoms with van der Waals surface area (Å²) in [7, 11) is -4.43. The molecule has 0 fully saturated rings. The van der Waals surface area contributed by atoms with Crippen LogP contribution < -0.4 is 11.1 Å². The number of benzene rings is 2. The molecule has 4 N–H and O–H groups in total. The van der Waals surface area contributed by atoms with Gasteiger partial charge in [-0.1, -0.05) is 18.2 Å². The molecule has 0 bridgehead atoms. The van der Waals surface area contributed by atoms with Gasteiger partial charge >= 0.3 is 0 Å².